The fourth-order valence-electron chi connectivity index (χ4n) is 2.97. The van der Waals surface area contributed by atoms with Crippen LogP contribution in [0.1, 0.15) is 23.2 Å². The molecule has 0 unspecified atom stereocenters. The van der Waals surface area contributed by atoms with E-state index in [1.807, 2.05) is 18.2 Å². The molecule has 2 aromatic carbocycles. The molecular weight excluding hydrogens is 368 g/mol. The number of carbonyl (C=O) groups is 2. The first-order chi connectivity index (χ1) is 13.1. The molecule has 1 N–H and O–H groups in total. The molecule has 1 aliphatic heterocycles. The number of methoxy groups -OCH3 is 1. The average molecular weight is 389 g/mol. The van der Waals surface area contributed by atoms with Crippen LogP contribution in [0.2, 0.25) is 5.02 Å². The van der Waals surface area contributed by atoms with Crippen LogP contribution in [-0.4, -0.2) is 43.2 Å². The molecule has 2 aromatic rings. The second-order valence-electron chi connectivity index (χ2n) is 6.20. The van der Waals surface area contributed by atoms with Gasteiger partial charge in [-0.15, -0.1) is 0 Å². The summed E-state index contributed by atoms with van der Waals surface area (Å²) in [5, 5.41) is 3.37. The minimum absolute atomic E-state index is 0.0105. The number of esters is 1. The highest BCUT2D eigenvalue weighted by atomic mass is 35.5. The fraction of sp³-hybridized carbons (Fsp3) is 0.300. The van der Waals surface area contributed by atoms with Crippen molar-refractivity contribution in [3.8, 4) is 5.75 Å². The number of carbonyl (C=O) groups excluding carboxylic acids is 2. The van der Waals surface area contributed by atoms with Gasteiger partial charge in [0.25, 0.3) is 0 Å². The zero-order chi connectivity index (χ0) is 19.2. The van der Waals surface area contributed by atoms with Gasteiger partial charge in [-0.2, -0.15) is 0 Å². The van der Waals surface area contributed by atoms with Gasteiger partial charge in [0.15, 0.2) is 0 Å². The lowest BCUT2D eigenvalue weighted by molar-refractivity contribution is 0.0602. The van der Waals surface area contributed by atoms with Crippen LogP contribution in [0.25, 0.3) is 0 Å². The van der Waals surface area contributed by atoms with Gasteiger partial charge >= 0.3 is 12.0 Å². The number of halogens is 1. The van der Waals surface area contributed by atoms with Gasteiger partial charge in [0.05, 0.1) is 23.4 Å². The highest BCUT2D eigenvalue weighted by molar-refractivity contribution is 6.32. The maximum absolute atomic E-state index is 12.6. The third-order valence-electron chi connectivity index (χ3n) is 4.43. The normalized spacial score (nSPS) is 14.5. The van der Waals surface area contributed by atoms with Gasteiger partial charge in [0.1, 0.15) is 11.9 Å². The van der Waals surface area contributed by atoms with Crippen molar-refractivity contribution in [3.05, 3.63) is 59.1 Å². The summed E-state index contributed by atoms with van der Waals surface area (Å²) in [7, 11) is 1.31. The molecule has 1 aliphatic rings. The van der Waals surface area contributed by atoms with E-state index in [9.17, 15) is 9.59 Å². The highest BCUT2D eigenvalue weighted by Gasteiger charge is 2.25. The quantitative estimate of drug-likeness (QED) is 0.797. The molecule has 142 valence electrons. The zero-order valence-electron chi connectivity index (χ0n) is 15.0. The molecule has 1 heterocycles. The van der Waals surface area contributed by atoms with Crippen molar-refractivity contribution < 1.29 is 19.1 Å². The Balaban J connectivity index is 1.56. The van der Waals surface area contributed by atoms with E-state index in [2.05, 4.69) is 5.32 Å². The van der Waals surface area contributed by atoms with E-state index in [0.717, 1.165) is 0 Å². The number of hydrogen-bond acceptors (Lipinski definition) is 4. The van der Waals surface area contributed by atoms with Crippen molar-refractivity contribution >= 4 is 29.3 Å². The van der Waals surface area contributed by atoms with E-state index < -0.39 is 5.97 Å². The van der Waals surface area contributed by atoms with Gasteiger partial charge < -0.3 is 19.7 Å². The average Bonchev–Trinajstić information content (AvgIpc) is 2.70. The third-order valence-corrected chi connectivity index (χ3v) is 4.75. The molecule has 0 aromatic heterocycles. The maximum atomic E-state index is 12.6. The van der Waals surface area contributed by atoms with Crippen molar-refractivity contribution in [2.24, 2.45) is 0 Å². The summed E-state index contributed by atoms with van der Waals surface area (Å²) >= 11 is 6.13. The van der Waals surface area contributed by atoms with E-state index >= 15 is 0 Å². The number of hydrogen-bond donors (Lipinski definition) is 1. The van der Waals surface area contributed by atoms with Crippen molar-refractivity contribution in [1.82, 2.24) is 4.90 Å². The van der Waals surface area contributed by atoms with Crippen LogP contribution in [0.5, 0.6) is 5.75 Å². The predicted octanol–water partition coefficient (Wildman–Crippen LogP) is 4.20. The summed E-state index contributed by atoms with van der Waals surface area (Å²) in [5.74, 6) is 0.173. The number of piperidine rings is 1. The first-order valence-electron chi connectivity index (χ1n) is 8.73. The summed E-state index contributed by atoms with van der Waals surface area (Å²) < 4.78 is 10.7. The number of urea groups is 1. The largest absolute Gasteiger partial charge is 0.489 e. The number of nitrogens with one attached hydrogen (secondary N) is 1. The molecule has 0 spiro atoms. The Morgan fingerprint density at radius 2 is 1.74 bits per heavy atom. The number of ether oxygens (including phenoxy) is 2. The number of amides is 2. The fourth-order valence-corrected chi connectivity index (χ4v) is 3.15. The Kier molecular flexibility index (Phi) is 6.19. The minimum atomic E-state index is -0.488. The molecule has 0 saturated carbocycles. The summed E-state index contributed by atoms with van der Waals surface area (Å²) in [5.41, 5.74) is 0.758. The number of nitrogens with zero attached hydrogens (tertiary/aromatic N) is 1. The molecule has 0 aliphatic carbocycles. The summed E-state index contributed by atoms with van der Waals surface area (Å²) in [6.07, 6.45) is 1.42. The number of benzene rings is 2. The van der Waals surface area contributed by atoms with Crippen molar-refractivity contribution in [3.63, 3.8) is 0 Å². The van der Waals surface area contributed by atoms with Gasteiger partial charge in [-0.1, -0.05) is 35.9 Å². The lowest BCUT2D eigenvalue weighted by atomic mass is 10.1. The standard InChI is InChI=1S/C20H21ClN2O4/c1-26-19(24)15-6-2-4-8-17(15)22-20(25)23-12-10-14(11-13-23)27-18-9-5-3-7-16(18)21/h2-9,14H,10-13H2,1H3,(H,22,25). The Morgan fingerprint density at radius 1 is 1.07 bits per heavy atom. The minimum Gasteiger partial charge on any atom is -0.489 e. The predicted molar refractivity (Wildman–Crippen MR) is 103 cm³/mol. The van der Waals surface area contributed by atoms with E-state index in [4.69, 9.17) is 21.1 Å². The highest BCUT2D eigenvalue weighted by Crippen LogP contribution is 2.27. The molecular formula is C20H21ClN2O4. The molecule has 0 radical (unpaired) electrons. The summed E-state index contributed by atoms with van der Waals surface area (Å²) in [6.45, 7) is 1.11. The van der Waals surface area contributed by atoms with Crippen LogP contribution < -0.4 is 10.1 Å². The van der Waals surface area contributed by atoms with Gasteiger partial charge in [-0.25, -0.2) is 9.59 Å². The number of rotatable bonds is 4. The topological polar surface area (TPSA) is 67.9 Å². The summed E-state index contributed by atoms with van der Waals surface area (Å²) in [4.78, 5) is 26.1. The molecule has 1 saturated heterocycles. The van der Waals surface area contributed by atoms with Crippen molar-refractivity contribution in [2.75, 3.05) is 25.5 Å². The van der Waals surface area contributed by atoms with Crippen molar-refractivity contribution in [1.29, 1.82) is 0 Å². The molecule has 0 bridgehead atoms. The van der Waals surface area contributed by atoms with Crippen LogP contribution >= 0.6 is 11.6 Å². The molecule has 7 heteroatoms. The first kappa shape index (κ1) is 19.0. The zero-order valence-corrected chi connectivity index (χ0v) is 15.7. The second kappa shape index (κ2) is 8.77. The van der Waals surface area contributed by atoms with Gasteiger partial charge in [-0.05, 0) is 24.3 Å². The van der Waals surface area contributed by atoms with Crippen molar-refractivity contribution in [2.45, 2.75) is 18.9 Å². The van der Waals surface area contributed by atoms with Crippen LogP contribution in [0.3, 0.4) is 0 Å². The Bertz CT molecular complexity index is 819. The molecule has 0 atom stereocenters. The van der Waals surface area contributed by atoms with Crippen LogP contribution in [-0.2, 0) is 4.74 Å². The number of para-hydroxylation sites is 2. The number of likely N-dealkylation sites (tertiary alicyclic amines) is 1. The SMILES string of the molecule is COC(=O)c1ccccc1NC(=O)N1CCC(Oc2ccccc2Cl)CC1. The molecule has 3 rings (SSSR count). The molecule has 6 nitrogen and oxygen atoms in total. The maximum Gasteiger partial charge on any atom is 0.339 e. The third kappa shape index (κ3) is 4.71. The van der Waals surface area contributed by atoms with E-state index in [1.54, 1.807) is 35.2 Å². The lowest BCUT2D eigenvalue weighted by Crippen LogP contribution is -2.44. The Labute approximate surface area is 163 Å². The molecule has 1 fully saturated rings. The van der Waals surface area contributed by atoms with Crippen LogP contribution in [0, 0.1) is 0 Å². The van der Waals surface area contributed by atoms with Gasteiger partial charge in [0.2, 0.25) is 0 Å². The Morgan fingerprint density at radius 3 is 2.44 bits per heavy atom. The van der Waals surface area contributed by atoms with E-state index in [0.29, 0.717) is 48.0 Å². The smallest absolute Gasteiger partial charge is 0.339 e. The van der Waals surface area contributed by atoms with Crippen LogP contribution in [0.4, 0.5) is 10.5 Å². The van der Waals surface area contributed by atoms with Gasteiger partial charge in [-0.3, -0.25) is 0 Å². The lowest BCUT2D eigenvalue weighted by Gasteiger charge is -2.32. The van der Waals surface area contributed by atoms with E-state index in [1.165, 1.54) is 7.11 Å². The first-order valence-corrected chi connectivity index (χ1v) is 9.10. The Hall–Kier alpha value is -2.73. The molecule has 27 heavy (non-hydrogen) atoms. The molecule has 2 amide bonds. The second-order valence-corrected chi connectivity index (χ2v) is 6.61. The summed E-state index contributed by atoms with van der Waals surface area (Å²) in [6, 6.07) is 13.9. The van der Waals surface area contributed by atoms with E-state index in [-0.39, 0.29) is 12.1 Å². The van der Waals surface area contributed by atoms with Gasteiger partial charge in [0, 0.05) is 25.9 Å². The van der Waals surface area contributed by atoms with Crippen LogP contribution in [0.15, 0.2) is 48.5 Å². The number of anilines is 1. The monoisotopic (exact) mass is 388 g/mol.